The number of nitrogens with one attached hydrogen (secondary N) is 1. The van der Waals surface area contributed by atoms with E-state index < -0.39 is 0 Å². The molecule has 5 heteroatoms. The molecule has 1 saturated heterocycles. The Hall–Kier alpha value is -1.65. The summed E-state index contributed by atoms with van der Waals surface area (Å²) < 4.78 is 0. The van der Waals surface area contributed by atoms with Gasteiger partial charge >= 0.3 is 0 Å². The van der Waals surface area contributed by atoms with Crippen molar-refractivity contribution in [3.8, 4) is 11.1 Å². The second kappa shape index (κ2) is 6.00. The Morgan fingerprint density at radius 1 is 1.33 bits per heavy atom. The van der Waals surface area contributed by atoms with Crippen molar-refractivity contribution >= 4 is 17.5 Å². The number of aromatic nitrogens is 2. The van der Waals surface area contributed by atoms with Crippen molar-refractivity contribution in [1.82, 2.24) is 15.3 Å². The summed E-state index contributed by atoms with van der Waals surface area (Å²) in [6.07, 6.45) is 4.20. The maximum absolute atomic E-state index is 6.12. The predicted molar refractivity (Wildman–Crippen MR) is 86.8 cm³/mol. The van der Waals surface area contributed by atoms with Crippen molar-refractivity contribution in [3.63, 3.8) is 0 Å². The number of benzene rings is 1. The second-order valence-electron chi connectivity index (χ2n) is 5.52. The van der Waals surface area contributed by atoms with Crippen LogP contribution in [0.25, 0.3) is 11.1 Å². The van der Waals surface area contributed by atoms with Gasteiger partial charge in [-0.2, -0.15) is 0 Å². The van der Waals surface area contributed by atoms with Gasteiger partial charge in [0.15, 0.2) is 0 Å². The van der Waals surface area contributed by atoms with E-state index in [1.165, 1.54) is 6.42 Å². The maximum atomic E-state index is 6.12. The first kappa shape index (κ1) is 14.3. The molecule has 1 aromatic heterocycles. The molecule has 0 amide bonds. The summed E-state index contributed by atoms with van der Waals surface area (Å²) in [5.41, 5.74) is 3.19. The molecule has 0 bridgehead atoms. The molecule has 2 heterocycles. The van der Waals surface area contributed by atoms with Crippen LogP contribution in [0.3, 0.4) is 0 Å². The average Bonchev–Trinajstić information content (AvgIpc) is 3.00. The van der Waals surface area contributed by atoms with Crippen molar-refractivity contribution < 1.29 is 0 Å². The Bertz CT molecular complexity index is 636. The van der Waals surface area contributed by atoms with Gasteiger partial charge in [-0.1, -0.05) is 23.7 Å². The van der Waals surface area contributed by atoms with Gasteiger partial charge in [0, 0.05) is 30.9 Å². The topological polar surface area (TPSA) is 41.1 Å². The molecule has 1 N–H and O–H groups in total. The van der Waals surface area contributed by atoms with Gasteiger partial charge in [0.2, 0.25) is 5.95 Å². The fourth-order valence-corrected chi connectivity index (χ4v) is 2.85. The van der Waals surface area contributed by atoms with Crippen molar-refractivity contribution in [2.45, 2.75) is 18.9 Å². The molecule has 3 rings (SSSR count). The molecule has 4 nitrogen and oxygen atoms in total. The monoisotopic (exact) mass is 302 g/mol. The van der Waals surface area contributed by atoms with Crippen LogP contribution in [0.5, 0.6) is 0 Å². The average molecular weight is 303 g/mol. The largest absolute Gasteiger partial charge is 0.347 e. The third-order valence-corrected chi connectivity index (χ3v) is 3.97. The minimum Gasteiger partial charge on any atom is -0.347 e. The summed E-state index contributed by atoms with van der Waals surface area (Å²) in [5, 5.41) is 4.25. The molecular formula is C16H19ClN4. The molecule has 0 aliphatic carbocycles. The van der Waals surface area contributed by atoms with Crippen LogP contribution in [0.4, 0.5) is 5.95 Å². The summed E-state index contributed by atoms with van der Waals surface area (Å²) in [4.78, 5) is 11.2. The van der Waals surface area contributed by atoms with E-state index in [1.54, 1.807) is 0 Å². The highest BCUT2D eigenvalue weighted by Gasteiger charge is 2.22. The first-order chi connectivity index (χ1) is 10.1. The SMILES string of the molecule is CN(C)c1ncc(-c2cccc(Cl)c2)c(C2CCCN2)n1. The molecule has 1 fully saturated rings. The summed E-state index contributed by atoms with van der Waals surface area (Å²) in [6, 6.07) is 8.16. The molecule has 2 aromatic rings. The normalized spacial score (nSPS) is 18.0. The fraction of sp³-hybridized carbons (Fsp3) is 0.375. The molecular weight excluding hydrogens is 284 g/mol. The Morgan fingerprint density at radius 3 is 2.86 bits per heavy atom. The minimum absolute atomic E-state index is 0.292. The lowest BCUT2D eigenvalue weighted by atomic mass is 10.0. The summed E-state index contributed by atoms with van der Waals surface area (Å²) in [5.74, 6) is 0.740. The van der Waals surface area contributed by atoms with Crippen LogP contribution in [0, 0.1) is 0 Å². The lowest BCUT2D eigenvalue weighted by Crippen LogP contribution is -2.19. The molecule has 1 aromatic carbocycles. The van der Waals surface area contributed by atoms with E-state index >= 15 is 0 Å². The number of hydrogen-bond acceptors (Lipinski definition) is 4. The maximum Gasteiger partial charge on any atom is 0.225 e. The molecule has 1 atom stereocenters. The Labute approximate surface area is 130 Å². The van der Waals surface area contributed by atoms with Crippen LogP contribution in [-0.2, 0) is 0 Å². The van der Waals surface area contributed by atoms with Crippen molar-refractivity contribution in [2.24, 2.45) is 0 Å². The molecule has 1 aliphatic rings. The number of nitrogens with zero attached hydrogens (tertiary/aromatic N) is 3. The second-order valence-corrected chi connectivity index (χ2v) is 5.96. The summed E-state index contributed by atoms with van der Waals surface area (Å²) >= 11 is 6.12. The molecule has 1 aliphatic heterocycles. The summed E-state index contributed by atoms with van der Waals surface area (Å²) in [7, 11) is 3.92. The van der Waals surface area contributed by atoms with Gasteiger partial charge in [-0.15, -0.1) is 0 Å². The quantitative estimate of drug-likeness (QED) is 0.944. The Morgan fingerprint density at radius 2 is 2.19 bits per heavy atom. The van der Waals surface area contributed by atoms with E-state index in [-0.39, 0.29) is 0 Å². The zero-order valence-electron chi connectivity index (χ0n) is 12.3. The molecule has 0 saturated carbocycles. The van der Waals surface area contributed by atoms with E-state index in [4.69, 9.17) is 16.6 Å². The number of hydrogen-bond donors (Lipinski definition) is 1. The van der Waals surface area contributed by atoms with Crippen LogP contribution in [0.1, 0.15) is 24.6 Å². The van der Waals surface area contributed by atoms with E-state index in [2.05, 4.69) is 16.4 Å². The van der Waals surface area contributed by atoms with Crippen molar-refractivity contribution in [2.75, 3.05) is 25.5 Å². The zero-order chi connectivity index (χ0) is 14.8. The highest BCUT2D eigenvalue weighted by Crippen LogP contribution is 2.32. The van der Waals surface area contributed by atoms with Crippen LogP contribution in [0.15, 0.2) is 30.5 Å². The third-order valence-electron chi connectivity index (χ3n) is 3.73. The first-order valence-corrected chi connectivity index (χ1v) is 7.56. The molecule has 110 valence electrons. The third kappa shape index (κ3) is 3.01. The molecule has 0 radical (unpaired) electrons. The number of rotatable bonds is 3. The van der Waals surface area contributed by atoms with Crippen LogP contribution < -0.4 is 10.2 Å². The van der Waals surface area contributed by atoms with Crippen LogP contribution in [0.2, 0.25) is 5.02 Å². The molecule has 0 spiro atoms. The fourth-order valence-electron chi connectivity index (χ4n) is 2.66. The van der Waals surface area contributed by atoms with Gasteiger partial charge in [0.05, 0.1) is 11.7 Å². The number of halogens is 1. The van der Waals surface area contributed by atoms with E-state index in [1.807, 2.05) is 43.4 Å². The van der Waals surface area contributed by atoms with E-state index in [0.29, 0.717) is 6.04 Å². The lowest BCUT2D eigenvalue weighted by Gasteiger charge is -2.18. The highest BCUT2D eigenvalue weighted by atomic mass is 35.5. The van der Waals surface area contributed by atoms with E-state index in [0.717, 1.165) is 40.8 Å². The standard InChI is InChI=1S/C16H19ClN4/c1-21(2)16-19-10-13(11-5-3-6-12(17)9-11)15(20-16)14-7-4-8-18-14/h3,5-6,9-10,14,18H,4,7-8H2,1-2H3. The van der Waals surface area contributed by atoms with Gasteiger partial charge in [-0.05, 0) is 37.1 Å². The van der Waals surface area contributed by atoms with Crippen molar-refractivity contribution in [1.29, 1.82) is 0 Å². The summed E-state index contributed by atoms with van der Waals surface area (Å²) in [6.45, 7) is 1.04. The predicted octanol–water partition coefficient (Wildman–Crippen LogP) is 3.29. The Kier molecular flexibility index (Phi) is 4.08. The van der Waals surface area contributed by atoms with Gasteiger partial charge in [0.1, 0.15) is 0 Å². The van der Waals surface area contributed by atoms with Gasteiger partial charge in [0.25, 0.3) is 0 Å². The van der Waals surface area contributed by atoms with Crippen LogP contribution >= 0.6 is 11.6 Å². The molecule has 1 unspecified atom stereocenters. The Balaban J connectivity index is 2.10. The lowest BCUT2D eigenvalue weighted by molar-refractivity contribution is 0.627. The minimum atomic E-state index is 0.292. The molecule has 21 heavy (non-hydrogen) atoms. The zero-order valence-corrected chi connectivity index (χ0v) is 13.1. The van der Waals surface area contributed by atoms with Gasteiger partial charge < -0.3 is 10.2 Å². The highest BCUT2D eigenvalue weighted by molar-refractivity contribution is 6.30. The number of anilines is 1. The first-order valence-electron chi connectivity index (χ1n) is 7.19. The van der Waals surface area contributed by atoms with Gasteiger partial charge in [-0.3, -0.25) is 0 Å². The van der Waals surface area contributed by atoms with E-state index in [9.17, 15) is 0 Å². The van der Waals surface area contributed by atoms with Crippen LogP contribution in [-0.4, -0.2) is 30.6 Å². The van der Waals surface area contributed by atoms with Crippen molar-refractivity contribution in [3.05, 3.63) is 41.2 Å². The van der Waals surface area contributed by atoms with Gasteiger partial charge in [-0.25, -0.2) is 9.97 Å². The smallest absolute Gasteiger partial charge is 0.225 e.